The van der Waals surface area contributed by atoms with E-state index >= 15 is 0 Å². The number of amides is 1. The van der Waals surface area contributed by atoms with Gasteiger partial charge < -0.3 is 10.6 Å². The number of carbonyl (C=O) groups excluding carboxylic acids is 1. The van der Waals surface area contributed by atoms with Gasteiger partial charge in [-0.15, -0.1) is 0 Å². The van der Waals surface area contributed by atoms with E-state index in [0.29, 0.717) is 24.4 Å². The molecule has 3 heteroatoms. The van der Waals surface area contributed by atoms with Crippen molar-refractivity contribution < 1.29 is 4.79 Å². The summed E-state index contributed by atoms with van der Waals surface area (Å²) in [5, 5.41) is 6.34. The molecule has 0 radical (unpaired) electrons. The van der Waals surface area contributed by atoms with Crippen LogP contribution < -0.4 is 10.6 Å². The maximum atomic E-state index is 11.5. The summed E-state index contributed by atoms with van der Waals surface area (Å²) in [7, 11) is 0. The first kappa shape index (κ1) is 15.4. The van der Waals surface area contributed by atoms with Gasteiger partial charge in [0.15, 0.2) is 0 Å². The molecule has 0 rings (SSSR count). The molecule has 96 valence electrons. The molecule has 0 aliphatic carbocycles. The first-order valence-electron chi connectivity index (χ1n) is 6.48. The minimum absolute atomic E-state index is 0.151. The molecule has 0 aliphatic rings. The zero-order valence-electron chi connectivity index (χ0n) is 11.5. The molecule has 0 heterocycles. The zero-order chi connectivity index (χ0) is 12.6. The van der Waals surface area contributed by atoms with Crippen LogP contribution in [-0.2, 0) is 4.79 Å². The number of rotatable bonds is 8. The van der Waals surface area contributed by atoms with Crippen LogP contribution in [0.3, 0.4) is 0 Å². The second-order valence-electron chi connectivity index (χ2n) is 5.11. The molecule has 2 atom stereocenters. The van der Waals surface area contributed by atoms with Crippen molar-refractivity contribution in [3.63, 3.8) is 0 Å². The van der Waals surface area contributed by atoms with E-state index in [1.807, 2.05) is 6.92 Å². The van der Waals surface area contributed by atoms with E-state index in [2.05, 4.69) is 38.3 Å². The van der Waals surface area contributed by atoms with Crippen molar-refractivity contribution in [2.24, 2.45) is 5.92 Å². The molecule has 0 aromatic heterocycles. The molecule has 0 bridgehead atoms. The van der Waals surface area contributed by atoms with Crippen molar-refractivity contribution in [1.82, 2.24) is 10.6 Å². The molecule has 1 amide bonds. The first-order chi connectivity index (χ1) is 7.45. The molecule has 0 aromatic rings. The van der Waals surface area contributed by atoms with Gasteiger partial charge >= 0.3 is 0 Å². The van der Waals surface area contributed by atoms with Crippen LogP contribution in [0.25, 0.3) is 0 Å². The Labute approximate surface area is 100 Å². The summed E-state index contributed by atoms with van der Waals surface area (Å²) < 4.78 is 0. The molecule has 2 unspecified atom stereocenters. The molecular weight excluding hydrogens is 200 g/mol. The van der Waals surface area contributed by atoms with Crippen LogP contribution in [0, 0.1) is 5.92 Å². The fourth-order valence-electron chi connectivity index (χ4n) is 1.67. The summed E-state index contributed by atoms with van der Waals surface area (Å²) in [5.74, 6) is 0.857. The quantitative estimate of drug-likeness (QED) is 0.669. The largest absolute Gasteiger partial charge is 0.354 e. The van der Waals surface area contributed by atoms with E-state index in [4.69, 9.17) is 0 Å². The summed E-state index contributed by atoms with van der Waals surface area (Å²) in [6.45, 7) is 11.5. The average Bonchev–Trinajstić information content (AvgIpc) is 2.16. The fourth-order valence-corrected chi connectivity index (χ4v) is 1.67. The third-order valence-corrected chi connectivity index (χ3v) is 2.69. The Morgan fingerprint density at radius 1 is 1.12 bits per heavy atom. The van der Waals surface area contributed by atoms with Crippen LogP contribution >= 0.6 is 0 Å². The highest BCUT2D eigenvalue weighted by Crippen LogP contribution is 2.03. The van der Waals surface area contributed by atoms with Crippen LogP contribution in [-0.4, -0.2) is 24.5 Å². The highest BCUT2D eigenvalue weighted by molar-refractivity contribution is 5.76. The topological polar surface area (TPSA) is 41.1 Å². The smallest absolute Gasteiger partial charge is 0.221 e. The SMILES string of the molecule is CCC(C)NC(=O)CCNC(C)CC(C)C. The lowest BCUT2D eigenvalue weighted by atomic mass is 10.1. The lowest BCUT2D eigenvalue weighted by Gasteiger charge is -2.16. The molecule has 0 fully saturated rings. The van der Waals surface area contributed by atoms with E-state index in [0.717, 1.165) is 19.4 Å². The molecule has 0 spiro atoms. The lowest BCUT2D eigenvalue weighted by molar-refractivity contribution is -0.121. The summed E-state index contributed by atoms with van der Waals surface area (Å²) in [6.07, 6.45) is 2.72. The van der Waals surface area contributed by atoms with E-state index in [-0.39, 0.29) is 5.91 Å². The fraction of sp³-hybridized carbons (Fsp3) is 0.923. The minimum atomic E-state index is 0.151. The predicted molar refractivity (Wildman–Crippen MR) is 69.4 cm³/mol. The Balaban J connectivity index is 3.54. The van der Waals surface area contributed by atoms with Crippen molar-refractivity contribution in [1.29, 1.82) is 0 Å². The van der Waals surface area contributed by atoms with Gasteiger partial charge in [0.1, 0.15) is 0 Å². The van der Waals surface area contributed by atoms with Gasteiger partial charge in [0.2, 0.25) is 5.91 Å². The highest BCUT2D eigenvalue weighted by Gasteiger charge is 2.07. The Morgan fingerprint density at radius 3 is 2.25 bits per heavy atom. The van der Waals surface area contributed by atoms with Crippen LogP contribution in [0.4, 0.5) is 0 Å². The van der Waals surface area contributed by atoms with Crippen LogP contribution in [0.15, 0.2) is 0 Å². The third kappa shape index (κ3) is 8.72. The maximum absolute atomic E-state index is 11.5. The standard InChI is InChI=1S/C13H28N2O/c1-6-11(4)15-13(16)7-8-14-12(5)9-10(2)3/h10-12,14H,6-9H2,1-5H3,(H,15,16). The van der Waals surface area contributed by atoms with E-state index in [1.165, 1.54) is 0 Å². The molecule has 0 aliphatic heterocycles. The second-order valence-corrected chi connectivity index (χ2v) is 5.11. The third-order valence-electron chi connectivity index (χ3n) is 2.69. The number of nitrogens with one attached hydrogen (secondary N) is 2. The van der Waals surface area contributed by atoms with Gasteiger partial charge in [-0.25, -0.2) is 0 Å². The van der Waals surface area contributed by atoms with Gasteiger partial charge in [0, 0.05) is 25.0 Å². The van der Waals surface area contributed by atoms with Crippen molar-refractivity contribution in [2.45, 2.75) is 66.0 Å². The van der Waals surface area contributed by atoms with Gasteiger partial charge in [-0.05, 0) is 32.6 Å². The summed E-state index contributed by atoms with van der Waals surface area (Å²) >= 11 is 0. The molecule has 0 saturated heterocycles. The van der Waals surface area contributed by atoms with Crippen molar-refractivity contribution in [2.75, 3.05) is 6.54 Å². The molecule has 0 saturated carbocycles. The molecule has 16 heavy (non-hydrogen) atoms. The van der Waals surface area contributed by atoms with Crippen LogP contribution in [0.5, 0.6) is 0 Å². The zero-order valence-corrected chi connectivity index (χ0v) is 11.5. The maximum Gasteiger partial charge on any atom is 0.221 e. The van der Waals surface area contributed by atoms with E-state index in [9.17, 15) is 4.79 Å². The average molecular weight is 228 g/mol. The van der Waals surface area contributed by atoms with Gasteiger partial charge in [0.25, 0.3) is 0 Å². The van der Waals surface area contributed by atoms with E-state index < -0.39 is 0 Å². The predicted octanol–water partition coefficient (Wildman–Crippen LogP) is 2.32. The van der Waals surface area contributed by atoms with Gasteiger partial charge in [0.05, 0.1) is 0 Å². The minimum Gasteiger partial charge on any atom is -0.354 e. The molecular formula is C13H28N2O. The second kappa shape index (κ2) is 8.57. The molecule has 3 nitrogen and oxygen atoms in total. The summed E-state index contributed by atoms with van der Waals surface area (Å²) in [5.41, 5.74) is 0. The number of hydrogen-bond donors (Lipinski definition) is 2. The monoisotopic (exact) mass is 228 g/mol. The van der Waals surface area contributed by atoms with E-state index in [1.54, 1.807) is 0 Å². The van der Waals surface area contributed by atoms with Gasteiger partial charge in [-0.3, -0.25) is 4.79 Å². The Kier molecular flexibility index (Phi) is 8.26. The Hall–Kier alpha value is -0.570. The van der Waals surface area contributed by atoms with Crippen molar-refractivity contribution in [3.8, 4) is 0 Å². The summed E-state index contributed by atoms with van der Waals surface area (Å²) in [6, 6.07) is 0.789. The highest BCUT2D eigenvalue weighted by atomic mass is 16.1. The van der Waals surface area contributed by atoms with Crippen LogP contribution in [0.1, 0.15) is 53.9 Å². The van der Waals surface area contributed by atoms with Crippen molar-refractivity contribution >= 4 is 5.91 Å². The summed E-state index contributed by atoms with van der Waals surface area (Å²) in [4.78, 5) is 11.5. The Morgan fingerprint density at radius 2 is 1.75 bits per heavy atom. The first-order valence-corrected chi connectivity index (χ1v) is 6.48. The van der Waals surface area contributed by atoms with Crippen molar-refractivity contribution in [3.05, 3.63) is 0 Å². The number of carbonyl (C=O) groups is 1. The number of hydrogen-bond acceptors (Lipinski definition) is 2. The Bertz CT molecular complexity index is 192. The molecule has 2 N–H and O–H groups in total. The lowest BCUT2D eigenvalue weighted by Crippen LogP contribution is -2.36. The normalized spacial score (nSPS) is 14.9. The molecule has 0 aromatic carbocycles. The van der Waals surface area contributed by atoms with Gasteiger partial charge in [-0.2, -0.15) is 0 Å². The van der Waals surface area contributed by atoms with Crippen LogP contribution in [0.2, 0.25) is 0 Å². The van der Waals surface area contributed by atoms with Gasteiger partial charge in [-0.1, -0.05) is 20.8 Å².